The predicted molar refractivity (Wildman–Crippen MR) is 169 cm³/mol. The second kappa shape index (κ2) is 9.14. The fourth-order valence-electron chi connectivity index (χ4n) is 5.98. The van der Waals surface area contributed by atoms with Crippen LogP contribution in [0.5, 0.6) is 0 Å². The summed E-state index contributed by atoms with van der Waals surface area (Å²) in [7, 11) is 0. The number of para-hydroxylation sites is 3. The van der Waals surface area contributed by atoms with Gasteiger partial charge in [-0.25, -0.2) is 0 Å². The fourth-order valence-corrected chi connectivity index (χ4v) is 5.98. The summed E-state index contributed by atoms with van der Waals surface area (Å²) in [5.41, 5.74) is 7.40. The van der Waals surface area contributed by atoms with Gasteiger partial charge in [0.25, 0.3) is 0 Å². The quantitative estimate of drug-likeness (QED) is 0.218. The minimum Gasteiger partial charge on any atom is -0.455 e. The molecule has 0 aliphatic carbocycles. The van der Waals surface area contributed by atoms with Gasteiger partial charge in [-0.15, -0.1) is 0 Å². The lowest BCUT2D eigenvalue weighted by atomic mass is 9.98. The molecule has 1 heterocycles. The summed E-state index contributed by atoms with van der Waals surface area (Å²) in [5.74, 6) is 0. The van der Waals surface area contributed by atoms with Crippen LogP contribution in [0.3, 0.4) is 0 Å². The van der Waals surface area contributed by atoms with Crippen molar-refractivity contribution in [1.82, 2.24) is 0 Å². The van der Waals surface area contributed by atoms with Crippen molar-refractivity contribution in [3.8, 4) is 11.1 Å². The van der Waals surface area contributed by atoms with Gasteiger partial charge in [-0.3, -0.25) is 0 Å². The van der Waals surface area contributed by atoms with E-state index in [2.05, 4.69) is 157 Å². The molecule has 0 amide bonds. The van der Waals surface area contributed by atoms with Gasteiger partial charge in [-0.2, -0.15) is 0 Å². The van der Waals surface area contributed by atoms with Gasteiger partial charge >= 0.3 is 0 Å². The smallest absolute Gasteiger partial charge is 0.143 e. The molecule has 0 fully saturated rings. The van der Waals surface area contributed by atoms with Crippen LogP contribution in [0, 0.1) is 0 Å². The van der Waals surface area contributed by atoms with Crippen LogP contribution in [0.25, 0.3) is 54.6 Å². The van der Waals surface area contributed by atoms with Crippen LogP contribution in [0.1, 0.15) is 0 Å². The van der Waals surface area contributed by atoms with Crippen molar-refractivity contribution in [3.63, 3.8) is 0 Å². The lowest BCUT2D eigenvalue weighted by molar-refractivity contribution is 0.674. The van der Waals surface area contributed by atoms with Crippen molar-refractivity contribution in [2.24, 2.45) is 0 Å². The van der Waals surface area contributed by atoms with Crippen LogP contribution in [-0.2, 0) is 0 Å². The van der Waals surface area contributed by atoms with Gasteiger partial charge in [-0.05, 0) is 64.2 Å². The number of furan rings is 1. The lowest BCUT2D eigenvalue weighted by Gasteiger charge is -2.25. The van der Waals surface area contributed by atoms with E-state index < -0.39 is 0 Å². The molecule has 0 saturated carbocycles. The zero-order chi connectivity index (χ0) is 26.5. The van der Waals surface area contributed by atoms with Gasteiger partial charge in [0.1, 0.15) is 11.2 Å². The highest BCUT2D eigenvalue weighted by Crippen LogP contribution is 2.42. The average Bonchev–Trinajstić information content (AvgIpc) is 3.41. The second-order valence-electron chi connectivity index (χ2n) is 10.2. The Morgan fingerprint density at radius 3 is 1.80 bits per heavy atom. The standard InChI is InChI=1S/C38H25NO/c1-3-13-29(14-4-1)39(30-15-5-2-6-16-30)31-17-9-12-28(25-31)33-19-10-20-34-35-24-23-27-22-21-26-11-7-8-18-32(26)36(27)38(35)40-37(33)34/h1-25H. The SMILES string of the molecule is c1ccc(N(c2ccccc2)c2cccc(-c3cccc4c3oc3c4ccc4ccc5ccccc5c43)c2)cc1. The minimum atomic E-state index is 0.918. The zero-order valence-corrected chi connectivity index (χ0v) is 21.8. The Balaban J connectivity index is 1.35. The fraction of sp³-hybridized carbons (Fsp3) is 0. The Morgan fingerprint density at radius 2 is 1.00 bits per heavy atom. The first-order valence-corrected chi connectivity index (χ1v) is 13.6. The molecule has 2 heteroatoms. The topological polar surface area (TPSA) is 16.4 Å². The molecule has 8 aromatic rings. The Hall–Kier alpha value is -5.34. The minimum absolute atomic E-state index is 0.918. The third-order valence-electron chi connectivity index (χ3n) is 7.82. The Labute approximate surface area is 232 Å². The van der Waals surface area contributed by atoms with Gasteiger partial charge in [0.2, 0.25) is 0 Å². The first-order chi connectivity index (χ1) is 19.8. The van der Waals surface area contributed by atoms with Crippen LogP contribution in [0.2, 0.25) is 0 Å². The van der Waals surface area contributed by atoms with E-state index in [-0.39, 0.29) is 0 Å². The summed E-state index contributed by atoms with van der Waals surface area (Å²) < 4.78 is 6.82. The molecule has 188 valence electrons. The number of rotatable bonds is 4. The Kier molecular flexibility index (Phi) is 5.17. The molecule has 0 atom stereocenters. The van der Waals surface area contributed by atoms with E-state index >= 15 is 0 Å². The van der Waals surface area contributed by atoms with E-state index in [9.17, 15) is 0 Å². The molecule has 1 aromatic heterocycles. The van der Waals surface area contributed by atoms with Crippen molar-refractivity contribution < 1.29 is 4.42 Å². The van der Waals surface area contributed by atoms with Crippen molar-refractivity contribution in [2.75, 3.05) is 4.90 Å². The summed E-state index contributed by atoms with van der Waals surface area (Å²) in [4.78, 5) is 2.29. The summed E-state index contributed by atoms with van der Waals surface area (Å²) in [5, 5.41) is 7.08. The first-order valence-electron chi connectivity index (χ1n) is 13.6. The van der Waals surface area contributed by atoms with E-state index in [0.29, 0.717) is 0 Å². The molecular weight excluding hydrogens is 486 g/mol. The average molecular weight is 512 g/mol. The van der Waals surface area contributed by atoms with Gasteiger partial charge in [0.05, 0.1) is 0 Å². The van der Waals surface area contributed by atoms with Crippen molar-refractivity contribution in [1.29, 1.82) is 0 Å². The van der Waals surface area contributed by atoms with Crippen LogP contribution >= 0.6 is 0 Å². The number of anilines is 3. The van der Waals surface area contributed by atoms with Crippen molar-refractivity contribution in [2.45, 2.75) is 0 Å². The Bertz CT molecular complexity index is 2120. The van der Waals surface area contributed by atoms with E-state index in [0.717, 1.165) is 50.1 Å². The molecule has 40 heavy (non-hydrogen) atoms. The molecule has 0 unspecified atom stereocenters. The molecule has 2 nitrogen and oxygen atoms in total. The van der Waals surface area contributed by atoms with Crippen LogP contribution in [-0.4, -0.2) is 0 Å². The molecule has 7 aromatic carbocycles. The molecule has 0 saturated heterocycles. The molecule has 0 N–H and O–H groups in total. The van der Waals surface area contributed by atoms with Crippen LogP contribution < -0.4 is 4.90 Å². The maximum Gasteiger partial charge on any atom is 0.143 e. The number of hydrogen-bond donors (Lipinski definition) is 0. The second-order valence-corrected chi connectivity index (χ2v) is 10.2. The number of hydrogen-bond acceptors (Lipinski definition) is 2. The maximum absolute atomic E-state index is 6.82. The maximum atomic E-state index is 6.82. The molecule has 0 bridgehead atoms. The first kappa shape index (κ1) is 22.6. The highest BCUT2D eigenvalue weighted by atomic mass is 16.3. The molecule has 0 aliphatic rings. The van der Waals surface area contributed by atoms with E-state index in [1.807, 2.05) is 0 Å². The molecule has 0 aliphatic heterocycles. The van der Waals surface area contributed by atoms with Crippen LogP contribution in [0.4, 0.5) is 17.1 Å². The third kappa shape index (κ3) is 3.58. The highest BCUT2D eigenvalue weighted by Gasteiger charge is 2.17. The third-order valence-corrected chi connectivity index (χ3v) is 7.82. The molecular formula is C38H25NO. The summed E-state index contributed by atoms with van der Waals surface area (Å²) in [6.07, 6.45) is 0. The number of benzene rings is 7. The number of nitrogens with zero attached hydrogens (tertiary/aromatic N) is 1. The summed E-state index contributed by atoms with van der Waals surface area (Å²) in [6.45, 7) is 0. The van der Waals surface area contributed by atoms with Gasteiger partial charge in [0, 0.05) is 38.8 Å². The van der Waals surface area contributed by atoms with E-state index in [4.69, 9.17) is 4.42 Å². The van der Waals surface area contributed by atoms with Gasteiger partial charge in [0.15, 0.2) is 0 Å². The monoisotopic (exact) mass is 511 g/mol. The van der Waals surface area contributed by atoms with Crippen LogP contribution in [0.15, 0.2) is 156 Å². The van der Waals surface area contributed by atoms with Gasteiger partial charge in [-0.1, -0.05) is 109 Å². The summed E-state index contributed by atoms with van der Waals surface area (Å²) in [6, 6.07) is 53.6. The Morgan fingerprint density at radius 1 is 0.400 bits per heavy atom. The number of fused-ring (bicyclic) bond motifs is 7. The highest BCUT2D eigenvalue weighted by molar-refractivity contribution is 6.23. The lowest BCUT2D eigenvalue weighted by Crippen LogP contribution is -2.09. The predicted octanol–water partition coefficient (Wildman–Crippen LogP) is 11.0. The molecule has 8 rings (SSSR count). The van der Waals surface area contributed by atoms with Gasteiger partial charge < -0.3 is 9.32 Å². The molecule has 0 radical (unpaired) electrons. The summed E-state index contributed by atoms with van der Waals surface area (Å²) >= 11 is 0. The zero-order valence-electron chi connectivity index (χ0n) is 21.8. The molecule has 0 spiro atoms. The van der Waals surface area contributed by atoms with Crippen molar-refractivity contribution >= 4 is 60.5 Å². The largest absolute Gasteiger partial charge is 0.455 e. The normalized spacial score (nSPS) is 11.5. The van der Waals surface area contributed by atoms with E-state index in [1.165, 1.54) is 21.5 Å². The van der Waals surface area contributed by atoms with E-state index in [1.54, 1.807) is 0 Å². The van der Waals surface area contributed by atoms with Crippen molar-refractivity contribution in [3.05, 3.63) is 152 Å².